The number of aromatic nitrogens is 3. The number of pyridine rings is 1. The van der Waals surface area contributed by atoms with E-state index in [2.05, 4.69) is 22.1 Å². The maximum atomic E-state index is 4.28. The molecule has 0 aliphatic carbocycles. The Labute approximate surface area is 70.8 Å². The third-order valence-electron chi connectivity index (χ3n) is 2.07. The van der Waals surface area contributed by atoms with E-state index in [1.165, 1.54) is 5.56 Å². The smallest absolute Gasteiger partial charge is 0.114 e. The summed E-state index contributed by atoms with van der Waals surface area (Å²) in [5.74, 6) is 0. The van der Waals surface area contributed by atoms with Gasteiger partial charge in [-0.2, -0.15) is 5.10 Å². The van der Waals surface area contributed by atoms with E-state index >= 15 is 0 Å². The molecule has 2 rings (SSSR count). The molecule has 0 fully saturated rings. The Kier molecular flexibility index (Phi) is 1.57. The molecule has 2 heterocycles. The van der Waals surface area contributed by atoms with Crippen molar-refractivity contribution < 1.29 is 0 Å². The summed E-state index contributed by atoms with van der Waals surface area (Å²) in [5.41, 5.74) is 4.30. The third kappa shape index (κ3) is 0.897. The predicted octanol–water partition coefficient (Wildman–Crippen LogP) is 1.83. The van der Waals surface area contributed by atoms with Crippen LogP contribution in [0, 0.1) is 6.92 Å². The minimum absolute atomic E-state index is 0.951. The minimum atomic E-state index is 0.951. The van der Waals surface area contributed by atoms with Crippen LogP contribution in [0.1, 0.15) is 18.2 Å². The molecule has 0 amide bonds. The molecule has 0 radical (unpaired) electrons. The van der Waals surface area contributed by atoms with Gasteiger partial charge in [0.1, 0.15) is 11.0 Å². The molecule has 12 heavy (non-hydrogen) atoms. The van der Waals surface area contributed by atoms with Crippen LogP contribution in [0.15, 0.2) is 12.3 Å². The lowest BCUT2D eigenvalue weighted by molar-refractivity contribution is 0.985. The molecule has 3 nitrogen and oxygen atoms in total. The van der Waals surface area contributed by atoms with Crippen LogP contribution in [0.4, 0.5) is 0 Å². The zero-order valence-electron chi connectivity index (χ0n) is 7.26. The molecule has 0 unspecified atom stereocenters. The van der Waals surface area contributed by atoms with Crippen molar-refractivity contribution >= 4 is 11.0 Å². The van der Waals surface area contributed by atoms with Crippen molar-refractivity contribution in [2.24, 2.45) is 0 Å². The van der Waals surface area contributed by atoms with Crippen molar-refractivity contribution in [3.63, 3.8) is 0 Å². The number of hydrogen-bond donors (Lipinski definition) is 1. The summed E-state index contributed by atoms with van der Waals surface area (Å²) in [6.07, 6.45) is 2.78. The van der Waals surface area contributed by atoms with E-state index in [9.17, 15) is 0 Å². The fraction of sp³-hybridized carbons (Fsp3) is 0.333. The van der Waals surface area contributed by atoms with E-state index in [0.717, 1.165) is 23.1 Å². The average molecular weight is 161 g/mol. The van der Waals surface area contributed by atoms with E-state index in [-0.39, 0.29) is 0 Å². The first-order valence-electron chi connectivity index (χ1n) is 4.11. The molecule has 2 aromatic heterocycles. The van der Waals surface area contributed by atoms with Crippen LogP contribution in [0.25, 0.3) is 11.0 Å². The summed E-state index contributed by atoms with van der Waals surface area (Å²) >= 11 is 0. The average Bonchev–Trinajstić information content (AvgIpc) is 2.49. The summed E-state index contributed by atoms with van der Waals surface area (Å²) in [5, 5.41) is 7.19. The topological polar surface area (TPSA) is 41.6 Å². The number of nitrogens with one attached hydrogen (secondary N) is 1. The van der Waals surface area contributed by atoms with Crippen LogP contribution < -0.4 is 0 Å². The van der Waals surface area contributed by atoms with Gasteiger partial charge in [0, 0.05) is 6.20 Å². The van der Waals surface area contributed by atoms with Crippen molar-refractivity contribution in [1.82, 2.24) is 15.2 Å². The first-order chi connectivity index (χ1) is 5.83. The van der Waals surface area contributed by atoms with Gasteiger partial charge in [-0.25, -0.2) is 0 Å². The number of hydrogen-bond acceptors (Lipinski definition) is 2. The minimum Gasteiger partial charge on any atom is -0.280 e. The van der Waals surface area contributed by atoms with Gasteiger partial charge in [-0.3, -0.25) is 10.1 Å². The molecule has 0 saturated heterocycles. The van der Waals surface area contributed by atoms with Crippen molar-refractivity contribution in [1.29, 1.82) is 0 Å². The Morgan fingerprint density at radius 1 is 1.42 bits per heavy atom. The van der Waals surface area contributed by atoms with Gasteiger partial charge in [0.15, 0.2) is 0 Å². The van der Waals surface area contributed by atoms with E-state index in [1.807, 2.05) is 19.2 Å². The lowest BCUT2D eigenvalue weighted by atomic mass is 10.2. The SMILES string of the molecule is CCc1[nH]nc2c(C)ccnc12. The number of nitrogens with zero attached hydrogens (tertiary/aromatic N) is 2. The van der Waals surface area contributed by atoms with Crippen LogP contribution in [0.5, 0.6) is 0 Å². The lowest BCUT2D eigenvalue weighted by Crippen LogP contribution is -1.82. The first kappa shape index (κ1) is 7.28. The first-order valence-corrected chi connectivity index (χ1v) is 4.11. The Hall–Kier alpha value is -1.38. The van der Waals surface area contributed by atoms with Gasteiger partial charge in [0.2, 0.25) is 0 Å². The Morgan fingerprint density at radius 2 is 2.25 bits per heavy atom. The molecule has 3 heteroatoms. The van der Waals surface area contributed by atoms with Gasteiger partial charge in [-0.1, -0.05) is 6.92 Å². The van der Waals surface area contributed by atoms with E-state index in [1.54, 1.807) is 0 Å². The fourth-order valence-electron chi connectivity index (χ4n) is 1.34. The van der Waals surface area contributed by atoms with Gasteiger partial charge < -0.3 is 0 Å². The lowest BCUT2D eigenvalue weighted by Gasteiger charge is -1.92. The van der Waals surface area contributed by atoms with Crippen LogP contribution in [0.3, 0.4) is 0 Å². The maximum Gasteiger partial charge on any atom is 0.114 e. The van der Waals surface area contributed by atoms with Crippen LogP contribution >= 0.6 is 0 Å². The van der Waals surface area contributed by atoms with Crippen LogP contribution in [-0.4, -0.2) is 15.2 Å². The number of aryl methyl sites for hydroxylation is 2. The molecule has 0 aliphatic heterocycles. The Bertz CT molecular complexity index is 403. The van der Waals surface area contributed by atoms with Crippen molar-refractivity contribution in [3.8, 4) is 0 Å². The standard InChI is InChI=1S/C9H11N3/c1-3-7-9-8(12-11-7)6(2)4-5-10-9/h4-5H,3H2,1-2H3,(H,11,12). The molecule has 62 valence electrons. The highest BCUT2D eigenvalue weighted by atomic mass is 15.1. The zero-order valence-corrected chi connectivity index (χ0v) is 7.26. The van der Waals surface area contributed by atoms with Gasteiger partial charge >= 0.3 is 0 Å². The summed E-state index contributed by atoms with van der Waals surface area (Å²) in [6.45, 7) is 4.14. The van der Waals surface area contributed by atoms with E-state index < -0.39 is 0 Å². The predicted molar refractivity (Wildman–Crippen MR) is 48.0 cm³/mol. The number of rotatable bonds is 1. The summed E-state index contributed by atoms with van der Waals surface area (Å²) in [6, 6.07) is 1.97. The van der Waals surface area contributed by atoms with Crippen molar-refractivity contribution in [3.05, 3.63) is 23.5 Å². The number of aromatic amines is 1. The highest BCUT2D eigenvalue weighted by molar-refractivity contribution is 5.79. The molecular formula is C9H11N3. The molecular weight excluding hydrogens is 150 g/mol. The molecule has 1 N–H and O–H groups in total. The highest BCUT2D eigenvalue weighted by Gasteiger charge is 2.05. The van der Waals surface area contributed by atoms with Crippen LogP contribution in [-0.2, 0) is 6.42 Å². The molecule has 0 spiro atoms. The van der Waals surface area contributed by atoms with Crippen LogP contribution in [0.2, 0.25) is 0 Å². The van der Waals surface area contributed by atoms with E-state index in [0.29, 0.717) is 0 Å². The monoisotopic (exact) mass is 161 g/mol. The second-order valence-electron chi connectivity index (χ2n) is 2.88. The van der Waals surface area contributed by atoms with Gasteiger partial charge in [-0.05, 0) is 25.0 Å². The summed E-state index contributed by atoms with van der Waals surface area (Å²) < 4.78 is 0. The largest absolute Gasteiger partial charge is 0.280 e. The number of fused-ring (bicyclic) bond motifs is 1. The Balaban J connectivity index is 2.80. The summed E-state index contributed by atoms with van der Waals surface area (Å²) in [7, 11) is 0. The van der Waals surface area contributed by atoms with Gasteiger partial charge in [-0.15, -0.1) is 0 Å². The quantitative estimate of drug-likeness (QED) is 0.693. The van der Waals surface area contributed by atoms with E-state index in [4.69, 9.17) is 0 Å². The summed E-state index contributed by atoms with van der Waals surface area (Å²) in [4.78, 5) is 4.28. The second-order valence-corrected chi connectivity index (χ2v) is 2.88. The highest BCUT2D eigenvalue weighted by Crippen LogP contribution is 2.16. The molecule has 0 bridgehead atoms. The maximum absolute atomic E-state index is 4.28. The fourth-order valence-corrected chi connectivity index (χ4v) is 1.34. The van der Waals surface area contributed by atoms with Crippen molar-refractivity contribution in [2.45, 2.75) is 20.3 Å². The third-order valence-corrected chi connectivity index (χ3v) is 2.07. The van der Waals surface area contributed by atoms with Crippen molar-refractivity contribution in [2.75, 3.05) is 0 Å². The second kappa shape index (κ2) is 2.59. The molecule has 0 saturated carbocycles. The molecule has 2 aromatic rings. The molecule has 0 aliphatic rings. The Morgan fingerprint density at radius 3 is 3.00 bits per heavy atom. The number of H-pyrrole nitrogens is 1. The molecule has 0 atom stereocenters. The zero-order chi connectivity index (χ0) is 8.55. The van der Waals surface area contributed by atoms with Gasteiger partial charge in [0.05, 0.1) is 5.69 Å². The molecule has 0 aromatic carbocycles. The normalized spacial score (nSPS) is 10.8. The van der Waals surface area contributed by atoms with Gasteiger partial charge in [0.25, 0.3) is 0 Å².